The van der Waals surface area contributed by atoms with Gasteiger partial charge in [0.25, 0.3) is 0 Å². The number of fused-ring (bicyclic) bond motifs is 1. The summed E-state index contributed by atoms with van der Waals surface area (Å²) < 4.78 is 12.2. The van der Waals surface area contributed by atoms with Crippen molar-refractivity contribution in [2.24, 2.45) is 5.92 Å². The van der Waals surface area contributed by atoms with Crippen molar-refractivity contribution in [3.63, 3.8) is 0 Å². The van der Waals surface area contributed by atoms with Crippen LogP contribution in [0.2, 0.25) is 0 Å². The monoisotopic (exact) mass is 326 g/mol. The predicted molar refractivity (Wildman–Crippen MR) is 76.6 cm³/mol. The number of benzene rings is 1. The Kier molecular flexibility index (Phi) is 3.83. The summed E-state index contributed by atoms with van der Waals surface area (Å²) in [5.74, 6) is 1.49. The molecule has 1 N–H and O–H groups in total. The molecule has 4 heteroatoms. The minimum Gasteiger partial charge on any atom is -0.493 e. The summed E-state index contributed by atoms with van der Waals surface area (Å²) in [4.78, 5) is 0. The standard InChI is InChI=1S/C15H19BrO3/c1-18-15(9-2-3-9)13(17)8-11-7-12(16)6-10-4-5-19-14(10)11/h6-7,9,13,15,17H,2-5,8H2,1H3. The van der Waals surface area contributed by atoms with Crippen molar-refractivity contribution in [2.45, 2.75) is 37.9 Å². The van der Waals surface area contributed by atoms with Crippen LogP contribution in [-0.2, 0) is 17.6 Å². The topological polar surface area (TPSA) is 38.7 Å². The number of methoxy groups -OCH3 is 1. The second-order valence-corrected chi connectivity index (χ2v) is 6.38. The summed E-state index contributed by atoms with van der Waals surface area (Å²) in [6.07, 6.45) is 3.38. The van der Waals surface area contributed by atoms with Gasteiger partial charge in [0.1, 0.15) is 5.75 Å². The molecule has 1 aliphatic carbocycles. The second kappa shape index (κ2) is 5.43. The number of halogens is 1. The third-order valence-electron chi connectivity index (χ3n) is 3.99. The van der Waals surface area contributed by atoms with Crippen LogP contribution in [0.3, 0.4) is 0 Å². The zero-order valence-corrected chi connectivity index (χ0v) is 12.6. The van der Waals surface area contributed by atoms with Gasteiger partial charge >= 0.3 is 0 Å². The molecule has 0 bridgehead atoms. The molecule has 2 aliphatic rings. The van der Waals surface area contributed by atoms with Gasteiger partial charge in [-0.1, -0.05) is 15.9 Å². The number of ether oxygens (including phenoxy) is 2. The molecular formula is C15H19BrO3. The molecule has 3 nitrogen and oxygen atoms in total. The van der Waals surface area contributed by atoms with Gasteiger partial charge in [0.2, 0.25) is 0 Å². The minimum atomic E-state index is -0.458. The van der Waals surface area contributed by atoms with E-state index in [1.54, 1.807) is 7.11 Å². The first-order chi connectivity index (χ1) is 9.19. The molecule has 0 amide bonds. The fourth-order valence-corrected chi connectivity index (χ4v) is 3.48. The highest BCUT2D eigenvalue weighted by Gasteiger charge is 2.36. The smallest absolute Gasteiger partial charge is 0.125 e. The molecule has 1 aromatic rings. The maximum atomic E-state index is 10.4. The summed E-state index contributed by atoms with van der Waals surface area (Å²) in [6.45, 7) is 0.741. The Morgan fingerprint density at radius 1 is 1.47 bits per heavy atom. The molecule has 2 unspecified atom stereocenters. The largest absolute Gasteiger partial charge is 0.493 e. The Morgan fingerprint density at radius 3 is 2.95 bits per heavy atom. The molecule has 2 atom stereocenters. The molecule has 0 radical (unpaired) electrons. The van der Waals surface area contributed by atoms with Crippen molar-refractivity contribution in [3.8, 4) is 5.75 Å². The van der Waals surface area contributed by atoms with Crippen LogP contribution in [0.4, 0.5) is 0 Å². The molecule has 3 rings (SSSR count). The molecule has 104 valence electrons. The SMILES string of the molecule is COC(C(O)Cc1cc(Br)cc2c1OCC2)C1CC1. The van der Waals surface area contributed by atoms with E-state index in [9.17, 15) is 5.11 Å². The lowest BCUT2D eigenvalue weighted by Crippen LogP contribution is -2.32. The lowest BCUT2D eigenvalue weighted by atomic mass is 9.98. The Morgan fingerprint density at radius 2 is 2.26 bits per heavy atom. The summed E-state index contributed by atoms with van der Waals surface area (Å²) in [5.41, 5.74) is 2.31. The minimum absolute atomic E-state index is 0.0453. The fraction of sp³-hybridized carbons (Fsp3) is 0.600. The maximum absolute atomic E-state index is 10.4. The Balaban J connectivity index is 1.79. The van der Waals surface area contributed by atoms with Gasteiger partial charge in [-0.25, -0.2) is 0 Å². The van der Waals surface area contributed by atoms with Gasteiger partial charge < -0.3 is 14.6 Å². The number of hydrogen-bond acceptors (Lipinski definition) is 3. The number of hydrogen-bond donors (Lipinski definition) is 1. The Labute approximate surface area is 122 Å². The van der Waals surface area contributed by atoms with E-state index in [0.29, 0.717) is 12.3 Å². The van der Waals surface area contributed by atoms with E-state index in [-0.39, 0.29) is 6.10 Å². The van der Waals surface area contributed by atoms with E-state index in [1.807, 2.05) is 6.07 Å². The highest BCUT2D eigenvalue weighted by atomic mass is 79.9. The van der Waals surface area contributed by atoms with Crippen LogP contribution in [-0.4, -0.2) is 31.0 Å². The van der Waals surface area contributed by atoms with E-state index in [0.717, 1.165) is 28.8 Å². The number of rotatable bonds is 5. The lowest BCUT2D eigenvalue weighted by Gasteiger charge is -2.22. The molecule has 1 fully saturated rings. The average molecular weight is 327 g/mol. The summed E-state index contributed by atoms with van der Waals surface area (Å²) >= 11 is 3.53. The molecule has 0 saturated heterocycles. The molecule has 0 spiro atoms. The Hall–Kier alpha value is -0.580. The van der Waals surface area contributed by atoms with E-state index in [2.05, 4.69) is 22.0 Å². The van der Waals surface area contributed by atoms with E-state index >= 15 is 0 Å². The molecular weight excluding hydrogens is 308 g/mol. The van der Waals surface area contributed by atoms with Crippen molar-refractivity contribution in [1.29, 1.82) is 0 Å². The van der Waals surface area contributed by atoms with E-state index in [4.69, 9.17) is 9.47 Å². The van der Waals surface area contributed by atoms with Gasteiger partial charge in [0.05, 0.1) is 18.8 Å². The molecule has 1 aromatic carbocycles. The molecule has 0 aromatic heterocycles. The average Bonchev–Trinajstić information content (AvgIpc) is 3.07. The van der Waals surface area contributed by atoms with Gasteiger partial charge in [-0.05, 0) is 42.0 Å². The van der Waals surface area contributed by atoms with Crippen LogP contribution in [0.25, 0.3) is 0 Å². The highest BCUT2D eigenvalue weighted by molar-refractivity contribution is 9.10. The van der Waals surface area contributed by atoms with Crippen LogP contribution >= 0.6 is 15.9 Å². The lowest BCUT2D eigenvalue weighted by molar-refractivity contribution is -0.0239. The molecule has 1 saturated carbocycles. The number of aliphatic hydroxyl groups excluding tert-OH is 1. The Bertz CT molecular complexity index is 471. The maximum Gasteiger partial charge on any atom is 0.125 e. The van der Waals surface area contributed by atoms with Crippen LogP contribution < -0.4 is 4.74 Å². The molecule has 1 heterocycles. The van der Waals surface area contributed by atoms with Gasteiger partial charge in [-0.15, -0.1) is 0 Å². The van der Waals surface area contributed by atoms with Crippen molar-refractivity contribution in [1.82, 2.24) is 0 Å². The van der Waals surface area contributed by atoms with Gasteiger partial charge in [0, 0.05) is 24.4 Å². The third kappa shape index (κ3) is 2.81. The summed E-state index contributed by atoms with van der Waals surface area (Å²) in [7, 11) is 1.69. The van der Waals surface area contributed by atoms with Gasteiger partial charge in [-0.3, -0.25) is 0 Å². The molecule has 1 aliphatic heterocycles. The third-order valence-corrected chi connectivity index (χ3v) is 4.45. The summed E-state index contributed by atoms with van der Waals surface area (Å²) in [6, 6.07) is 4.15. The van der Waals surface area contributed by atoms with Gasteiger partial charge in [-0.2, -0.15) is 0 Å². The normalized spacial score (nSPS) is 20.8. The predicted octanol–water partition coefficient (Wildman–Crippen LogP) is 2.71. The van der Waals surface area contributed by atoms with Crippen molar-refractivity contribution in [2.75, 3.05) is 13.7 Å². The first kappa shape index (κ1) is 13.4. The zero-order chi connectivity index (χ0) is 13.4. The van der Waals surface area contributed by atoms with Crippen LogP contribution in [0, 0.1) is 5.92 Å². The highest BCUT2D eigenvalue weighted by Crippen LogP contribution is 2.38. The van der Waals surface area contributed by atoms with Crippen molar-refractivity contribution < 1.29 is 14.6 Å². The number of aliphatic hydroxyl groups is 1. The van der Waals surface area contributed by atoms with Crippen molar-refractivity contribution >= 4 is 15.9 Å². The first-order valence-corrected chi connectivity index (χ1v) is 7.63. The van der Waals surface area contributed by atoms with Crippen LogP contribution in [0.1, 0.15) is 24.0 Å². The van der Waals surface area contributed by atoms with Gasteiger partial charge in [0.15, 0.2) is 0 Å². The summed E-state index contributed by atoms with van der Waals surface area (Å²) in [5, 5.41) is 10.4. The van der Waals surface area contributed by atoms with Crippen molar-refractivity contribution in [3.05, 3.63) is 27.7 Å². The first-order valence-electron chi connectivity index (χ1n) is 6.84. The quantitative estimate of drug-likeness (QED) is 0.904. The molecule has 19 heavy (non-hydrogen) atoms. The zero-order valence-electron chi connectivity index (χ0n) is 11.1. The van der Waals surface area contributed by atoms with Crippen LogP contribution in [0.15, 0.2) is 16.6 Å². The fourth-order valence-electron chi connectivity index (χ4n) is 2.93. The van der Waals surface area contributed by atoms with E-state index < -0.39 is 6.10 Å². The van der Waals surface area contributed by atoms with Crippen LogP contribution in [0.5, 0.6) is 5.75 Å². The van der Waals surface area contributed by atoms with E-state index in [1.165, 1.54) is 18.4 Å². The second-order valence-electron chi connectivity index (χ2n) is 5.46.